The largest absolute Gasteiger partial charge is 0.373 e. The molecule has 0 spiro atoms. The summed E-state index contributed by atoms with van der Waals surface area (Å²) in [6, 6.07) is 0. The summed E-state index contributed by atoms with van der Waals surface area (Å²) in [6.45, 7) is 6.81. The van der Waals surface area contributed by atoms with Crippen molar-refractivity contribution in [2.24, 2.45) is 0 Å². The predicted molar refractivity (Wildman–Crippen MR) is 46.6 cm³/mol. The third-order valence-corrected chi connectivity index (χ3v) is 5.04. The van der Waals surface area contributed by atoms with E-state index in [1.807, 2.05) is 13.1 Å². The number of epoxide rings is 1. The van der Waals surface area contributed by atoms with Gasteiger partial charge in [-0.05, 0) is 25.1 Å². The van der Waals surface area contributed by atoms with Crippen LogP contribution in [0.25, 0.3) is 0 Å². The van der Waals surface area contributed by atoms with Crippen molar-refractivity contribution in [2.45, 2.75) is 44.5 Å². The first-order valence-electron chi connectivity index (χ1n) is 4.36. The molecule has 1 rings (SSSR count). The molecule has 0 aromatic rings. The van der Waals surface area contributed by atoms with Crippen LogP contribution in [0.1, 0.15) is 19.8 Å². The van der Waals surface area contributed by atoms with E-state index in [-0.39, 0.29) is 0 Å². The normalized spacial score (nSPS) is 26.7. The molecular weight excluding hydrogens is 156 g/mol. The molecule has 1 fully saturated rings. The topological polar surface area (TPSA) is 32.4 Å². The Morgan fingerprint density at radius 3 is 2.45 bits per heavy atom. The summed E-state index contributed by atoms with van der Waals surface area (Å²) >= 11 is 0. The highest BCUT2D eigenvalue weighted by molar-refractivity contribution is 6.71. The fourth-order valence-corrected chi connectivity index (χ4v) is 3.28. The van der Waals surface area contributed by atoms with Gasteiger partial charge >= 0.3 is 0 Å². The maximum Gasteiger partial charge on any atom is 0.234 e. The van der Waals surface area contributed by atoms with Crippen LogP contribution in [0.3, 0.4) is 0 Å². The molecule has 2 atom stereocenters. The second kappa shape index (κ2) is 3.25. The molecule has 0 aromatic carbocycles. The third-order valence-electron chi connectivity index (χ3n) is 2.43. The zero-order chi connectivity index (χ0) is 8.48. The van der Waals surface area contributed by atoms with Crippen molar-refractivity contribution in [2.75, 3.05) is 6.61 Å². The Morgan fingerprint density at radius 2 is 2.18 bits per heavy atom. The van der Waals surface area contributed by atoms with Crippen LogP contribution in [0.5, 0.6) is 0 Å². The van der Waals surface area contributed by atoms with Crippen LogP contribution >= 0.6 is 0 Å². The highest BCUT2D eigenvalue weighted by atomic mass is 28.4. The minimum Gasteiger partial charge on any atom is -0.373 e. The Kier molecular flexibility index (Phi) is 2.73. The van der Waals surface area contributed by atoms with Crippen molar-refractivity contribution in [3.63, 3.8) is 0 Å². The van der Waals surface area contributed by atoms with E-state index in [0.29, 0.717) is 11.6 Å². The lowest BCUT2D eigenvalue weighted by atomic mass is 10.2. The minimum atomic E-state index is -2.14. The zero-order valence-corrected chi connectivity index (χ0v) is 8.59. The Bertz CT molecular complexity index is 127. The summed E-state index contributed by atoms with van der Waals surface area (Å²) in [5.74, 6) is 0. The summed E-state index contributed by atoms with van der Waals surface area (Å²) in [6.07, 6.45) is 2.47. The molecule has 0 amide bonds. The molecular formula is C8H17O2Si. The molecule has 11 heavy (non-hydrogen) atoms. The van der Waals surface area contributed by atoms with Crippen LogP contribution in [0.15, 0.2) is 0 Å². The van der Waals surface area contributed by atoms with Gasteiger partial charge in [0.05, 0.1) is 12.7 Å². The number of hydrogen-bond acceptors (Lipinski definition) is 1. The van der Waals surface area contributed by atoms with E-state index in [9.17, 15) is 4.80 Å². The molecule has 65 valence electrons. The van der Waals surface area contributed by atoms with Gasteiger partial charge in [0.2, 0.25) is 8.32 Å². The molecule has 1 radical (unpaired) electrons. The smallest absolute Gasteiger partial charge is 0.234 e. The average Bonchev–Trinajstić information content (AvgIpc) is 2.62. The maximum atomic E-state index is 11.7. The number of ether oxygens (including phenoxy) is 1. The van der Waals surface area contributed by atoms with E-state index in [0.717, 1.165) is 19.4 Å². The van der Waals surface area contributed by atoms with Crippen molar-refractivity contribution < 1.29 is 9.53 Å². The minimum absolute atomic E-state index is 0.412. The summed E-state index contributed by atoms with van der Waals surface area (Å²) in [5, 5.41) is 0. The predicted octanol–water partition coefficient (Wildman–Crippen LogP) is 2.19. The van der Waals surface area contributed by atoms with E-state index in [4.69, 9.17) is 4.74 Å². The van der Waals surface area contributed by atoms with Gasteiger partial charge in [-0.1, -0.05) is 13.3 Å². The summed E-state index contributed by atoms with van der Waals surface area (Å²) in [5.41, 5.74) is 0.412. The van der Waals surface area contributed by atoms with Crippen molar-refractivity contribution in [3.05, 3.63) is 0 Å². The quantitative estimate of drug-likeness (QED) is 0.474. The van der Waals surface area contributed by atoms with E-state index in [1.165, 1.54) is 0 Å². The van der Waals surface area contributed by atoms with E-state index in [1.54, 1.807) is 0 Å². The highest BCUT2D eigenvalue weighted by Gasteiger charge is 2.36. The van der Waals surface area contributed by atoms with Gasteiger partial charge in [0, 0.05) is 0 Å². The van der Waals surface area contributed by atoms with Crippen LogP contribution in [0.2, 0.25) is 18.6 Å². The van der Waals surface area contributed by atoms with Gasteiger partial charge in [-0.3, -0.25) is 4.80 Å². The van der Waals surface area contributed by atoms with Crippen LogP contribution in [-0.4, -0.2) is 21.0 Å². The molecule has 2 unspecified atom stereocenters. The standard InChI is InChI=1S/C8H17O2Si/c1-4-8(11(2,3)9)5-7-6-10-7/h7-8H,4-6H2,1-3H3. The van der Waals surface area contributed by atoms with Gasteiger partial charge in [0.15, 0.2) is 0 Å². The first kappa shape index (κ1) is 9.23. The Labute approximate surface area is 69.7 Å². The van der Waals surface area contributed by atoms with Gasteiger partial charge < -0.3 is 4.74 Å². The lowest BCUT2D eigenvalue weighted by Gasteiger charge is -2.22. The first-order valence-corrected chi connectivity index (χ1v) is 7.34. The van der Waals surface area contributed by atoms with Crippen LogP contribution in [-0.2, 0) is 9.53 Å². The van der Waals surface area contributed by atoms with Crippen molar-refractivity contribution in [1.29, 1.82) is 0 Å². The number of hydrogen-bond donors (Lipinski definition) is 0. The van der Waals surface area contributed by atoms with E-state index >= 15 is 0 Å². The first-order chi connectivity index (χ1) is 5.04. The summed E-state index contributed by atoms with van der Waals surface area (Å²) in [7, 11) is -2.14. The van der Waals surface area contributed by atoms with Gasteiger partial charge in [0.25, 0.3) is 0 Å². The molecule has 1 heterocycles. The highest BCUT2D eigenvalue weighted by Crippen LogP contribution is 2.32. The van der Waals surface area contributed by atoms with E-state index < -0.39 is 8.32 Å². The van der Waals surface area contributed by atoms with Gasteiger partial charge in [-0.2, -0.15) is 0 Å². The second-order valence-electron chi connectivity index (χ2n) is 3.90. The Balaban J connectivity index is 2.34. The molecule has 1 saturated heterocycles. The van der Waals surface area contributed by atoms with Crippen molar-refractivity contribution in [3.8, 4) is 0 Å². The molecule has 0 N–H and O–H groups in total. The second-order valence-corrected chi connectivity index (χ2v) is 7.92. The molecule has 1 aliphatic rings. The Hall–Kier alpha value is 0.137. The van der Waals surface area contributed by atoms with E-state index in [2.05, 4.69) is 6.92 Å². The maximum absolute atomic E-state index is 11.7. The molecule has 0 bridgehead atoms. The molecule has 3 heteroatoms. The van der Waals surface area contributed by atoms with Gasteiger partial charge in [-0.15, -0.1) is 0 Å². The molecule has 2 nitrogen and oxygen atoms in total. The number of rotatable bonds is 4. The lowest BCUT2D eigenvalue weighted by molar-refractivity contribution is 0.362. The summed E-state index contributed by atoms with van der Waals surface area (Å²) in [4.78, 5) is 11.7. The zero-order valence-electron chi connectivity index (χ0n) is 7.59. The SMILES string of the molecule is CCC(CC1CO1)[Si](C)(C)[O]. The molecule has 0 aromatic heterocycles. The van der Waals surface area contributed by atoms with Crippen LogP contribution in [0.4, 0.5) is 0 Å². The van der Waals surface area contributed by atoms with Gasteiger partial charge in [-0.25, -0.2) is 0 Å². The van der Waals surface area contributed by atoms with Crippen molar-refractivity contribution >= 4 is 8.32 Å². The Morgan fingerprint density at radius 1 is 1.64 bits per heavy atom. The third kappa shape index (κ3) is 2.93. The van der Waals surface area contributed by atoms with Gasteiger partial charge in [0.1, 0.15) is 0 Å². The molecule has 0 aliphatic carbocycles. The monoisotopic (exact) mass is 173 g/mol. The fraction of sp³-hybridized carbons (Fsp3) is 1.00. The average molecular weight is 173 g/mol. The van der Waals surface area contributed by atoms with Crippen LogP contribution in [0, 0.1) is 0 Å². The molecule has 0 saturated carbocycles. The van der Waals surface area contributed by atoms with Crippen LogP contribution < -0.4 is 0 Å². The molecule has 1 aliphatic heterocycles. The summed E-state index contributed by atoms with van der Waals surface area (Å²) < 4.78 is 5.12. The van der Waals surface area contributed by atoms with Crippen molar-refractivity contribution in [1.82, 2.24) is 0 Å². The lowest BCUT2D eigenvalue weighted by Crippen LogP contribution is -2.31. The fourth-order valence-electron chi connectivity index (χ4n) is 1.46.